The van der Waals surface area contributed by atoms with Gasteiger partial charge in [0.25, 0.3) is 0 Å². The highest BCUT2D eigenvalue weighted by Crippen LogP contribution is 2.19. The van der Waals surface area contributed by atoms with E-state index in [1.165, 1.54) is 5.39 Å². The lowest BCUT2D eigenvalue weighted by atomic mass is 10.1. The van der Waals surface area contributed by atoms with Gasteiger partial charge in [-0.25, -0.2) is 4.98 Å². The van der Waals surface area contributed by atoms with Crippen molar-refractivity contribution in [3.05, 3.63) is 36.5 Å². The summed E-state index contributed by atoms with van der Waals surface area (Å²) in [5, 5.41) is 5.68. The van der Waals surface area contributed by atoms with Gasteiger partial charge in [0.15, 0.2) is 0 Å². The van der Waals surface area contributed by atoms with Crippen molar-refractivity contribution in [1.29, 1.82) is 0 Å². The number of benzene rings is 1. The van der Waals surface area contributed by atoms with Crippen LogP contribution in [0.1, 0.15) is 0 Å². The minimum absolute atomic E-state index is 0.693. The Bertz CT molecular complexity index is 508. The van der Waals surface area contributed by atoms with Crippen LogP contribution in [0.4, 0.5) is 5.82 Å². The molecule has 0 aliphatic rings. The van der Waals surface area contributed by atoms with Crippen LogP contribution in [0.25, 0.3) is 10.8 Å². The molecular formula is C15H21N3O. The number of likely N-dealkylation sites (N-methyl/N-ethyl adjacent to an activating group) is 1. The zero-order valence-corrected chi connectivity index (χ0v) is 11.6. The second-order valence-electron chi connectivity index (χ2n) is 4.72. The molecule has 19 heavy (non-hydrogen) atoms. The summed E-state index contributed by atoms with van der Waals surface area (Å²) in [6, 6.07) is 10.3. The van der Waals surface area contributed by atoms with E-state index in [1.54, 1.807) is 0 Å². The number of aromatic nitrogens is 1. The van der Waals surface area contributed by atoms with Gasteiger partial charge in [-0.2, -0.15) is 0 Å². The molecule has 0 spiro atoms. The van der Waals surface area contributed by atoms with Gasteiger partial charge in [-0.15, -0.1) is 0 Å². The molecule has 0 aliphatic heterocycles. The molecule has 1 heterocycles. The van der Waals surface area contributed by atoms with Gasteiger partial charge in [-0.3, -0.25) is 0 Å². The van der Waals surface area contributed by atoms with Crippen molar-refractivity contribution in [1.82, 2.24) is 9.88 Å². The second kappa shape index (κ2) is 7.07. The van der Waals surface area contributed by atoms with Crippen molar-refractivity contribution in [3.63, 3.8) is 0 Å². The van der Waals surface area contributed by atoms with Crippen molar-refractivity contribution >= 4 is 16.6 Å². The highest BCUT2D eigenvalue weighted by Gasteiger charge is 2.00. The maximum atomic E-state index is 5.55. The normalized spacial score (nSPS) is 11.1. The molecule has 0 radical (unpaired) electrons. The van der Waals surface area contributed by atoms with Crippen LogP contribution in [0.3, 0.4) is 0 Å². The Morgan fingerprint density at radius 2 is 2.00 bits per heavy atom. The number of hydrogen-bond donors (Lipinski definition) is 1. The van der Waals surface area contributed by atoms with E-state index in [9.17, 15) is 0 Å². The standard InChI is InChI=1S/C15H21N3O/c1-18(2)10-12-19-11-9-17-15-14-6-4-3-5-13(14)7-8-16-15/h3-8H,9-12H2,1-2H3,(H,16,17). The lowest BCUT2D eigenvalue weighted by molar-refractivity contribution is 0.126. The largest absolute Gasteiger partial charge is 0.378 e. The highest BCUT2D eigenvalue weighted by atomic mass is 16.5. The molecule has 2 rings (SSSR count). The van der Waals surface area contributed by atoms with Crippen LogP contribution in [0.2, 0.25) is 0 Å². The average Bonchev–Trinajstić information content (AvgIpc) is 2.42. The number of rotatable bonds is 7. The number of ether oxygens (including phenoxy) is 1. The molecule has 1 aromatic heterocycles. The lowest BCUT2D eigenvalue weighted by Crippen LogP contribution is -2.20. The summed E-state index contributed by atoms with van der Waals surface area (Å²) >= 11 is 0. The number of fused-ring (bicyclic) bond motifs is 1. The topological polar surface area (TPSA) is 37.4 Å². The molecule has 1 aromatic carbocycles. The fourth-order valence-electron chi connectivity index (χ4n) is 1.85. The van der Waals surface area contributed by atoms with E-state index in [0.717, 1.165) is 30.9 Å². The average molecular weight is 259 g/mol. The van der Waals surface area contributed by atoms with Crippen LogP contribution in [-0.4, -0.2) is 50.3 Å². The van der Waals surface area contributed by atoms with Gasteiger partial charge in [-0.1, -0.05) is 24.3 Å². The Kier molecular flexibility index (Phi) is 5.12. The summed E-state index contributed by atoms with van der Waals surface area (Å²) in [5.41, 5.74) is 0. The molecule has 0 bridgehead atoms. The third-order valence-corrected chi connectivity index (χ3v) is 2.90. The summed E-state index contributed by atoms with van der Waals surface area (Å²) in [6.45, 7) is 3.18. The van der Waals surface area contributed by atoms with Crippen LogP contribution in [0, 0.1) is 0 Å². The Morgan fingerprint density at radius 1 is 1.16 bits per heavy atom. The third kappa shape index (κ3) is 4.19. The van der Waals surface area contributed by atoms with E-state index in [1.807, 2.05) is 38.5 Å². The van der Waals surface area contributed by atoms with Gasteiger partial charge in [-0.05, 0) is 25.5 Å². The van der Waals surface area contributed by atoms with Crippen LogP contribution in [0.5, 0.6) is 0 Å². The van der Waals surface area contributed by atoms with Crippen molar-refractivity contribution < 1.29 is 4.74 Å². The number of nitrogens with zero attached hydrogens (tertiary/aromatic N) is 2. The monoisotopic (exact) mass is 259 g/mol. The first-order valence-electron chi connectivity index (χ1n) is 6.57. The smallest absolute Gasteiger partial charge is 0.133 e. The van der Waals surface area contributed by atoms with Gasteiger partial charge in [0.2, 0.25) is 0 Å². The minimum atomic E-state index is 0.693. The molecule has 0 fully saturated rings. The van der Waals surface area contributed by atoms with Gasteiger partial charge in [0.05, 0.1) is 13.2 Å². The zero-order valence-electron chi connectivity index (χ0n) is 11.6. The van der Waals surface area contributed by atoms with Gasteiger partial charge < -0.3 is 15.0 Å². The van der Waals surface area contributed by atoms with E-state index in [0.29, 0.717) is 6.61 Å². The number of nitrogens with one attached hydrogen (secondary N) is 1. The molecule has 1 N–H and O–H groups in total. The molecule has 0 unspecified atom stereocenters. The number of hydrogen-bond acceptors (Lipinski definition) is 4. The summed E-state index contributed by atoms with van der Waals surface area (Å²) in [6.07, 6.45) is 1.83. The Hall–Kier alpha value is -1.65. The summed E-state index contributed by atoms with van der Waals surface area (Å²) in [5.74, 6) is 0.925. The van der Waals surface area contributed by atoms with Crippen LogP contribution in [0.15, 0.2) is 36.5 Å². The molecular weight excluding hydrogens is 238 g/mol. The Labute approximate surface area is 114 Å². The Morgan fingerprint density at radius 3 is 2.84 bits per heavy atom. The Balaban J connectivity index is 1.82. The zero-order chi connectivity index (χ0) is 13.5. The van der Waals surface area contributed by atoms with Crippen molar-refractivity contribution in [2.24, 2.45) is 0 Å². The first kappa shape index (κ1) is 13.8. The molecule has 102 valence electrons. The van der Waals surface area contributed by atoms with Gasteiger partial charge in [0, 0.05) is 24.7 Å². The third-order valence-electron chi connectivity index (χ3n) is 2.90. The van der Waals surface area contributed by atoms with Crippen molar-refractivity contribution in [3.8, 4) is 0 Å². The fraction of sp³-hybridized carbons (Fsp3) is 0.400. The van der Waals surface area contributed by atoms with Crippen molar-refractivity contribution in [2.45, 2.75) is 0 Å². The predicted molar refractivity (Wildman–Crippen MR) is 79.6 cm³/mol. The minimum Gasteiger partial charge on any atom is -0.378 e. The van der Waals surface area contributed by atoms with E-state index >= 15 is 0 Å². The molecule has 0 atom stereocenters. The summed E-state index contributed by atoms with van der Waals surface area (Å²) in [4.78, 5) is 6.49. The quantitative estimate of drug-likeness (QED) is 0.774. The van der Waals surface area contributed by atoms with Crippen LogP contribution < -0.4 is 5.32 Å². The summed E-state index contributed by atoms with van der Waals surface area (Å²) < 4.78 is 5.55. The molecule has 0 saturated carbocycles. The highest BCUT2D eigenvalue weighted by molar-refractivity contribution is 5.91. The maximum absolute atomic E-state index is 5.55. The molecule has 0 amide bonds. The summed E-state index contributed by atoms with van der Waals surface area (Å²) in [7, 11) is 4.09. The van der Waals surface area contributed by atoms with Crippen molar-refractivity contribution in [2.75, 3.05) is 45.7 Å². The van der Waals surface area contributed by atoms with Gasteiger partial charge in [0.1, 0.15) is 5.82 Å². The van der Waals surface area contributed by atoms with E-state index in [-0.39, 0.29) is 0 Å². The lowest BCUT2D eigenvalue weighted by Gasteiger charge is -2.11. The molecule has 2 aromatic rings. The molecule has 0 aliphatic carbocycles. The van der Waals surface area contributed by atoms with E-state index < -0.39 is 0 Å². The first-order valence-corrected chi connectivity index (χ1v) is 6.57. The number of pyridine rings is 1. The van der Waals surface area contributed by atoms with E-state index in [4.69, 9.17) is 4.74 Å². The molecule has 4 heteroatoms. The molecule has 0 saturated heterocycles. The fourth-order valence-corrected chi connectivity index (χ4v) is 1.85. The maximum Gasteiger partial charge on any atom is 0.133 e. The molecule has 4 nitrogen and oxygen atoms in total. The van der Waals surface area contributed by atoms with E-state index in [2.05, 4.69) is 27.3 Å². The SMILES string of the molecule is CN(C)CCOCCNc1nccc2ccccc12. The second-order valence-corrected chi connectivity index (χ2v) is 4.72. The van der Waals surface area contributed by atoms with Gasteiger partial charge >= 0.3 is 0 Å². The number of anilines is 1. The first-order chi connectivity index (χ1) is 9.27. The van der Waals surface area contributed by atoms with Crippen LogP contribution >= 0.6 is 0 Å². The van der Waals surface area contributed by atoms with Crippen LogP contribution in [-0.2, 0) is 4.74 Å². The predicted octanol–water partition coefficient (Wildman–Crippen LogP) is 2.22.